The molecule has 0 saturated carbocycles. The summed E-state index contributed by atoms with van der Waals surface area (Å²) < 4.78 is 16.5. The molecule has 3 aromatic rings. The van der Waals surface area contributed by atoms with Crippen LogP contribution in [0, 0.1) is 6.92 Å². The van der Waals surface area contributed by atoms with Crippen molar-refractivity contribution in [1.29, 1.82) is 0 Å². The van der Waals surface area contributed by atoms with Crippen LogP contribution in [0.2, 0.25) is 0 Å². The number of rotatable bonds is 10. The van der Waals surface area contributed by atoms with E-state index in [2.05, 4.69) is 15.6 Å². The molecular weight excluding hydrogens is 398 g/mol. The Bertz CT molecular complexity index is 1010. The quantitative estimate of drug-likeness (QED) is 0.516. The molecule has 3 rings (SSSR count). The second-order valence-corrected chi connectivity index (χ2v) is 6.74. The molecule has 0 radical (unpaired) electrons. The second-order valence-electron chi connectivity index (χ2n) is 6.74. The maximum Gasteiger partial charge on any atom is 0.255 e. The number of pyridine rings is 1. The van der Waals surface area contributed by atoms with Crippen LogP contribution in [0.15, 0.2) is 59.3 Å². The van der Waals surface area contributed by atoms with Crippen LogP contribution in [0.3, 0.4) is 0 Å². The number of hydrogen-bond acceptors (Lipinski definition) is 6. The number of carbonyl (C=O) groups is 2. The van der Waals surface area contributed by atoms with Gasteiger partial charge in [0.1, 0.15) is 17.3 Å². The molecule has 0 fully saturated rings. The molecule has 0 atom stereocenters. The summed E-state index contributed by atoms with van der Waals surface area (Å²) in [6.07, 6.45) is 3.99. The number of nitrogens with zero attached hydrogens (tertiary/aromatic N) is 1. The van der Waals surface area contributed by atoms with Crippen LogP contribution in [-0.2, 0) is 11.3 Å². The molecule has 0 spiro atoms. The van der Waals surface area contributed by atoms with Gasteiger partial charge in [0, 0.05) is 18.3 Å². The Kier molecular flexibility index (Phi) is 7.64. The minimum atomic E-state index is -0.363. The van der Waals surface area contributed by atoms with E-state index in [1.54, 1.807) is 37.4 Å². The summed E-state index contributed by atoms with van der Waals surface area (Å²) in [5.41, 5.74) is 1.11. The summed E-state index contributed by atoms with van der Waals surface area (Å²) in [4.78, 5) is 28.5. The van der Waals surface area contributed by atoms with Crippen LogP contribution in [0.25, 0.3) is 0 Å². The fourth-order valence-corrected chi connectivity index (χ4v) is 2.72. The summed E-state index contributed by atoms with van der Waals surface area (Å²) in [6, 6.07) is 12.4. The van der Waals surface area contributed by atoms with Crippen LogP contribution < -0.4 is 20.1 Å². The average molecular weight is 423 g/mol. The van der Waals surface area contributed by atoms with Crippen molar-refractivity contribution in [3.8, 4) is 17.4 Å². The third-order valence-electron chi connectivity index (χ3n) is 4.35. The van der Waals surface area contributed by atoms with E-state index in [1.165, 1.54) is 6.26 Å². The molecule has 0 aliphatic carbocycles. The summed E-state index contributed by atoms with van der Waals surface area (Å²) in [6.45, 7) is 4.45. The predicted octanol–water partition coefficient (Wildman–Crippen LogP) is 3.61. The monoisotopic (exact) mass is 423 g/mol. The van der Waals surface area contributed by atoms with Gasteiger partial charge < -0.3 is 24.5 Å². The van der Waals surface area contributed by atoms with Crippen molar-refractivity contribution in [2.24, 2.45) is 0 Å². The Morgan fingerprint density at radius 2 is 1.84 bits per heavy atom. The van der Waals surface area contributed by atoms with Gasteiger partial charge in [0.25, 0.3) is 5.91 Å². The van der Waals surface area contributed by atoms with Crippen LogP contribution in [-0.4, -0.2) is 29.9 Å². The van der Waals surface area contributed by atoms with Gasteiger partial charge in [-0.15, -0.1) is 0 Å². The summed E-state index contributed by atoms with van der Waals surface area (Å²) in [5.74, 6) is 1.58. The zero-order valence-corrected chi connectivity index (χ0v) is 17.5. The number of aromatic nitrogens is 1. The Hall–Kier alpha value is -3.81. The molecule has 0 unspecified atom stereocenters. The smallest absolute Gasteiger partial charge is 0.255 e. The number of ether oxygens (including phenoxy) is 2. The maximum atomic E-state index is 12.1. The van der Waals surface area contributed by atoms with Gasteiger partial charge >= 0.3 is 0 Å². The number of benzene rings is 1. The maximum absolute atomic E-state index is 12.1. The molecule has 2 amide bonds. The molecule has 8 nitrogen and oxygen atoms in total. The van der Waals surface area contributed by atoms with Gasteiger partial charge in [-0.25, -0.2) is 4.98 Å². The molecule has 0 bridgehead atoms. The third-order valence-corrected chi connectivity index (χ3v) is 4.35. The number of nitrogens with one attached hydrogen (secondary N) is 2. The zero-order valence-electron chi connectivity index (χ0n) is 17.5. The highest BCUT2D eigenvalue weighted by atomic mass is 16.5. The zero-order chi connectivity index (χ0) is 22.1. The van der Waals surface area contributed by atoms with Crippen molar-refractivity contribution in [3.05, 3.63) is 71.8 Å². The van der Waals surface area contributed by atoms with Crippen molar-refractivity contribution in [1.82, 2.24) is 15.6 Å². The number of carbonyl (C=O) groups excluding carboxylic acids is 2. The first-order valence-corrected chi connectivity index (χ1v) is 10.0. The molecule has 0 saturated heterocycles. The van der Waals surface area contributed by atoms with Crippen LogP contribution in [0.1, 0.15) is 35.0 Å². The highest BCUT2D eigenvalue weighted by Gasteiger charge is 2.13. The first-order valence-electron chi connectivity index (χ1n) is 10.0. The highest BCUT2D eigenvalue weighted by Crippen LogP contribution is 2.25. The molecule has 1 aromatic carbocycles. The van der Waals surface area contributed by atoms with E-state index in [1.807, 2.05) is 25.1 Å². The molecule has 0 aliphatic heterocycles. The summed E-state index contributed by atoms with van der Waals surface area (Å²) in [5, 5.41) is 5.32. The second kappa shape index (κ2) is 10.8. The van der Waals surface area contributed by atoms with Crippen LogP contribution in [0.5, 0.6) is 17.4 Å². The topological polar surface area (TPSA) is 103 Å². The molecule has 2 N–H and O–H groups in total. The van der Waals surface area contributed by atoms with Gasteiger partial charge in [-0.3, -0.25) is 9.59 Å². The third kappa shape index (κ3) is 6.33. The van der Waals surface area contributed by atoms with Crippen LogP contribution >= 0.6 is 0 Å². The Balaban J connectivity index is 1.52. The van der Waals surface area contributed by atoms with E-state index in [0.29, 0.717) is 35.1 Å². The van der Waals surface area contributed by atoms with Crippen molar-refractivity contribution < 1.29 is 23.5 Å². The largest absolute Gasteiger partial charge is 0.494 e. The predicted molar refractivity (Wildman–Crippen MR) is 114 cm³/mol. The number of aryl methyl sites for hydroxylation is 1. The fourth-order valence-electron chi connectivity index (χ4n) is 2.72. The molecule has 2 aromatic heterocycles. The van der Waals surface area contributed by atoms with E-state index in [9.17, 15) is 9.59 Å². The van der Waals surface area contributed by atoms with Crippen LogP contribution in [0.4, 0.5) is 0 Å². The number of hydrogen-bond donors (Lipinski definition) is 2. The van der Waals surface area contributed by atoms with Gasteiger partial charge in [-0.1, -0.05) is 13.0 Å². The average Bonchev–Trinajstić information content (AvgIpc) is 3.22. The molecule has 0 aliphatic rings. The lowest BCUT2D eigenvalue weighted by Crippen LogP contribution is -2.36. The standard InChI is InChI=1S/C23H25N3O5/c1-3-12-30-18-6-8-19(9-7-18)31-23-17(5-4-11-24-23)14-25-21(27)15-26-22(28)20-10-13-29-16(20)2/h4-11,13H,3,12,14-15H2,1-2H3,(H,25,27)(H,26,28). The van der Waals surface area contributed by atoms with Gasteiger partial charge in [0.2, 0.25) is 11.8 Å². The van der Waals surface area contributed by atoms with Crippen molar-refractivity contribution in [2.45, 2.75) is 26.8 Å². The molecular formula is C23H25N3O5. The minimum absolute atomic E-state index is 0.154. The van der Waals surface area contributed by atoms with Crippen molar-refractivity contribution >= 4 is 11.8 Å². The van der Waals surface area contributed by atoms with E-state index >= 15 is 0 Å². The Labute approximate surface area is 180 Å². The normalized spacial score (nSPS) is 10.4. The lowest BCUT2D eigenvalue weighted by atomic mass is 10.2. The summed E-state index contributed by atoms with van der Waals surface area (Å²) >= 11 is 0. The van der Waals surface area contributed by atoms with Gasteiger partial charge in [-0.05, 0) is 49.7 Å². The van der Waals surface area contributed by atoms with Gasteiger partial charge in [0.05, 0.1) is 25.0 Å². The van der Waals surface area contributed by atoms with E-state index in [4.69, 9.17) is 13.9 Å². The van der Waals surface area contributed by atoms with E-state index in [-0.39, 0.29) is 24.9 Å². The molecule has 8 heteroatoms. The first-order chi connectivity index (χ1) is 15.1. The SMILES string of the molecule is CCCOc1ccc(Oc2ncccc2CNC(=O)CNC(=O)c2ccoc2C)cc1. The lowest BCUT2D eigenvalue weighted by molar-refractivity contribution is -0.120. The fraction of sp³-hybridized carbons (Fsp3) is 0.261. The number of furan rings is 1. The molecule has 31 heavy (non-hydrogen) atoms. The molecule has 2 heterocycles. The Morgan fingerprint density at radius 3 is 2.55 bits per heavy atom. The number of amides is 2. The van der Waals surface area contributed by atoms with Crippen molar-refractivity contribution in [3.63, 3.8) is 0 Å². The van der Waals surface area contributed by atoms with Gasteiger partial charge in [-0.2, -0.15) is 0 Å². The lowest BCUT2D eigenvalue weighted by Gasteiger charge is -2.12. The molecule has 162 valence electrons. The summed E-state index contributed by atoms with van der Waals surface area (Å²) in [7, 11) is 0. The highest BCUT2D eigenvalue weighted by molar-refractivity contribution is 5.97. The Morgan fingerprint density at radius 1 is 1.06 bits per heavy atom. The van der Waals surface area contributed by atoms with E-state index in [0.717, 1.165) is 12.2 Å². The van der Waals surface area contributed by atoms with E-state index < -0.39 is 0 Å². The minimum Gasteiger partial charge on any atom is -0.494 e. The first kappa shape index (κ1) is 21.9. The van der Waals surface area contributed by atoms with Crippen molar-refractivity contribution in [2.75, 3.05) is 13.2 Å². The van der Waals surface area contributed by atoms with Gasteiger partial charge in [0.15, 0.2) is 0 Å².